The minimum atomic E-state index is -3.63. The molecule has 1 atom stereocenters. The average Bonchev–Trinajstić information content (AvgIpc) is 2.46. The van der Waals surface area contributed by atoms with Gasteiger partial charge in [-0.15, -0.1) is 0 Å². The van der Waals surface area contributed by atoms with Crippen LogP contribution in [-0.2, 0) is 14.8 Å². The number of nitrogens with zero attached hydrogens (tertiary/aromatic N) is 2. The SMILES string of the molecule is CC(N)C(=O)N1CCN(S(=O)(=O)c2ccccc2Cl)CC1. The molecule has 1 saturated heterocycles. The van der Waals surface area contributed by atoms with Gasteiger partial charge in [0.05, 0.1) is 11.1 Å². The van der Waals surface area contributed by atoms with Gasteiger partial charge >= 0.3 is 0 Å². The normalized spacial score (nSPS) is 18.5. The third-order valence-electron chi connectivity index (χ3n) is 3.39. The van der Waals surface area contributed by atoms with Crippen LogP contribution in [0.2, 0.25) is 5.02 Å². The number of carbonyl (C=O) groups excluding carboxylic acids is 1. The van der Waals surface area contributed by atoms with Crippen LogP contribution in [0.25, 0.3) is 0 Å². The molecule has 21 heavy (non-hydrogen) atoms. The fraction of sp³-hybridized carbons (Fsp3) is 0.462. The molecule has 1 unspecified atom stereocenters. The Balaban J connectivity index is 2.12. The lowest BCUT2D eigenvalue weighted by Gasteiger charge is -2.34. The van der Waals surface area contributed by atoms with Crippen LogP contribution in [0.5, 0.6) is 0 Å². The van der Waals surface area contributed by atoms with Crippen molar-refractivity contribution in [2.24, 2.45) is 5.73 Å². The third-order valence-corrected chi connectivity index (χ3v) is 5.79. The summed E-state index contributed by atoms with van der Waals surface area (Å²) < 4.78 is 26.4. The topological polar surface area (TPSA) is 83.7 Å². The third kappa shape index (κ3) is 3.37. The zero-order chi connectivity index (χ0) is 15.6. The van der Waals surface area contributed by atoms with Crippen molar-refractivity contribution in [1.82, 2.24) is 9.21 Å². The van der Waals surface area contributed by atoms with Crippen molar-refractivity contribution in [3.05, 3.63) is 29.3 Å². The molecule has 1 aliphatic rings. The van der Waals surface area contributed by atoms with Crippen molar-refractivity contribution in [1.29, 1.82) is 0 Å². The first-order valence-electron chi connectivity index (χ1n) is 6.63. The zero-order valence-corrected chi connectivity index (χ0v) is 13.3. The van der Waals surface area contributed by atoms with Crippen LogP contribution in [0.1, 0.15) is 6.92 Å². The number of amides is 1. The minimum absolute atomic E-state index is 0.0960. The Morgan fingerprint density at radius 1 is 1.24 bits per heavy atom. The molecule has 1 heterocycles. The summed E-state index contributed by atoms with van der Waals surface area (Å²) in [7, 11) is -3.63. The van der Waals surface area contributed by atoms with Crippen LogP contribution in [-0.4, -0.2) is 55.8 Å². The maximum atomic E-state index is 12.5. The van der Waals surface area contributed by atoms with E-state index < -0.39 is 16.1 Å². The van der Waals surface area contributed by atoms with Gasteiger partial charge in [-0.05, 0) is 19.1 Å². The average molecular weight is 332 g/mol. The van der Waals surface area contributed by atoms with E-state index in [9.17, 15) is 13.2 Å². The second-order valence-corrected chi connectivity index (χ2v) is 7.26. The fourth-order valence-corrected chi connectivity index (χ4v) is 4.15. The molecule has 6 nitrogen and oxygen atoms in total. The van der Waals surface area contributed by atoms with Crippen molar-refractivity contribution in [2.75, 3.05) is 26.2 Å². The molecule has 2 N–H and O–H groups in total. The molecule has 0 aliphatic carbocycles. The minimum Gasteiger partial charge on any atom is -0.339 e. The van der Waals surface area contributed by atoms with E-state index in [4.69, 9.17) is 17.3 Å². The zero-order valence-electron chi connectivity index (χ0n) is 11.7. The molecule has 0 saturated carbocycles. The highest BCUT2D eigenvalue weighted by molar-refractivity contribution is 7.89. The predicted octanol–water partition coefficient (Wildman–Crippen LogP) is 0.520. The van der Waals surface area contributed by atoms with E-state index in [1.54, 1.807) is 30.0 Å². The van der Waals surface area contributed by atoms with E-state index in [1.807, 2.05) is 0 Å². The van der Waals surface area contributed by atoms with Gasteiger partial charge in [0.15, 0.2) is 0 Å². The van der Waals surface area contributed by atoms with Crippen molar-refractivity contribution >= 4 is 27.5 Å². The molecule has 1 aliphatic heterocycles. The van der Waals surface area contributed by atoms with Crippen LogP contribution in [0.3, 0.4) is 0 Å². The number of piperazine rings is 1. The smallest absolute Gasteiger partial charge is 0.244 e. The molecule has 0 aromatic heterocycles. The number of benzene rings is 1. The largest absolute Gasteiger partial charge is 0.339 e. The van der Waals surface area contributed by atoms with Gasteiger partial charge in [0.25, 0.3) is 0 Å². The number of sulfonamides is 1. The second kappa shape index (κ2) is 6.31. The Morgan fingerprint density at radius 3 is 2.33 bits per heavy atom. The highest BCUT2D eigenvalue weighted by atomic mass is 35.5. The Morgan fingerprint density at radius 2 is 1.81 bits per heavy atom. The molecule has 0 bridgehead atoms. The van der Waals surface area contributed by atoms with Crippen LogP contribution in [0.15, 0.2) is 29.2 Å². The number of carbonyl (C=O) groups is 1. The summed E-state index contributed by atoms with van der Waals surface area (Å²) in [6.45, 7) is 2.78. The predicted molar refractivity (Wildman–Crippen MR) is 80.4 cm³/mol. The van der Waals surface area contributed by atoms with Gasteiger partial charge in [-0.2, -0.15) is 4.31 Å². The Kier molecular flexibility index (Phi) is 4.88. The molecule has 0 spiro atoms. The first-order valence-corrected chi connectivity index (χ1v) is 8.45. The van der Waals surface area contributed by atoms with Crippen molar-refractivity contribution in [2.45, 2.75) is 17.9 Å². The molecular weight excluding hydrogens is 314 g/mol. The summed E-state index contributed by atoms with van der Waals surface area (Å²) in [5.74, 6) is -0.162. The van der Waals surface area contributed by atoms with Crippen LogP contribution in [0, 0.1) is 0 Å². The van der Waals surface area contributed by atoms with Gasteiger partial charge in [-0.3, -0.25) is 4.79 Å². The molecule has 1 fully saturated rings. The standard InChI is InChI=1S/C13H18ClN3O3S/c1-10(15)13(18)16-6-8-17(9-7-16)21(19,20)12-5-3-2-4-11(12)14/h2-5,10H,6-9,15H2,1H3. The Hall–Kier alpha value is -1.15. The van der Waals surface area contributed by atoms with E-state index in [2.05, 4.69) is 0 Å². The molecular formula is C13H18ClN3O3S. The van der Waals surface area contributed by atoms with Crippen molar-refractivity contribution in [3.8, 4) is 0 Å². The summed E-state index contributed by atoms with van der Waals surface area (Å²) in [5, 5.41) is 0.201. The van der Waals surface area contributed by atoms with Gasteiger partial charge in [0, 0.05) is 26.2 Å². The van der Waals surface area contributed by atoms with E-state index in [0.717, 1.165) is 0 Å². The van der Waals surface area contributed by atoms with E-state index in [-0.39, 0.29) is 28.9 Å². The highest BCUT2D eigenvalue weighted by Crippen LogP contribution is 2.24. The summed E-state index contributed by atoms with van der Waals surface area (Å²) in [6.07, 6.45) is 0. The molecule has 1 aromatic carbocycles. The lowest BCUT2D eigenvalue weighted by atomic mass is 10.2. The van der Waals surface area contributed by atoms with Gasteiger partial charge in [0.1, 0.15) is 4.90 Å². The number of nitrogens with two attached hydrogens (primary N) is 1. The lowest BCUT2D eigenvalue weighted by molar-refractivity contribution is -0.133. The first kappa shape index (κ1) is 16.2. The van der Waals surface area contributed by atoms with Gasteiger partial charge in [-0.25, -0.2) is 8.42 Å². The Labute approximate surface area is 129 Å². The van der Waals surface area contributed by atoms with E-state index in [0.29, 0.717) is 13.1 Å². The highest BCUT2D eigenvalue weighted by Gasteiger charge is 2.31. The lowest BCUT2D eigenvalue weighted by Crippen LogP contribution is -2.53. The van der Waals surface area contributed by atoms with Gasteiger partial charge < -0.3 is 10.6 Å². The molecule has 1 aromatic rings. The number of hydrogen-bond acceptors (Lipinski definition) is 4. The summed E-state index contributed by atoms with van der Waals surface area (Å²) in [5.41, 5.74) is 5.56. The molecule has 116 valence electrons. The molecule has 8 heteroatoms. The number of halogens is 1. The summed E-state index contributed by atoms with van der Waals surface area (Å²) in [6, 6.07) is 5.77. The summed E-state index contributed by atoms with van der Waals surface area (Å²) in [4.78, 5) is 13.5. The van der Waals surface area contributed by atoms with Crippen molar-refractivity contribution < 1.29 is 13.2 Å². The van der Waals surface area contributed by atoms with E-state index >= 15 is 0 Å². The number of rotatable bonds is 3. The van der Waals surface area contributed by atoms with Crippen LogP contribution < -0.4 is 5.73 Å². The molecule has 2 rings (SSSR count). The maximum absolute atomic E-state index is 12.5. The Bertz CT molecular complexity index is 625. The number of hydrogen-bond donors (Lipinski definition) is 1. The first-order chi connectivity index (χ1) is 9.84. The second-order valence-electron chi connectivity index (χ2n) is 4.95. The van der Waals surface area contributed by atoms with Crippen LogP contribution in [0.4, 0.5) is 0 Å². The van der Waals surface area contributed by atoms with Crippen LogP contribution >= 0.6 is 11.6 Å². The monoisotopic (exact) mass is 331 g/mol. The molecule has 1 amide bonds. The van der Waals surface area contributed by atoms with E-state index in [1.165, 1.54) is 10.4 Å². The maximum Gasteiger partial charge on any atom is 0.244 e. The quantitative estimate of drug-likeness (QED) is 0.875. The summed E-state index contributed by atoms with van der Waals surface area (Å²) >= 11 is 5.96. The van der Waals surface area contributed by atoms with Gasteiger partial charge in [0.2, 0.25) is 15.9 Å². The molecule has 0 radical (unpaired) electrons. The van der Waals surface area contributed by atoms with Gasteiger partial charge in [-0.1, -0.05) is 23.7 Å². The van der Waals surface area contributed by atoms with Crippen molar-refractivity contribution in [3.63, 3.8) is 0 Å². The fourth-order valence-electron chi connectivity index (χ4n) is 2.23.